The van der Waals surface area contributed by atoms with Gasteiger partial charge in [-0.25, -0.2) is 4.98 Å². The van der Waals surface area contributed by atoms with Crippen molar-refractivity contribution < 1.29 is 9.21 Å². The first kappa shape index (κ1) is 13.9. The van der Waals surface area contributed by atoms with Gasteiger partial charge in [0.15, 0.2) is 0 Å². The van der Waals surface area contributed by atoms with E-state index in [0.29, 0.717) is 17.9 Å². The maximum atomic E-state index is 12.5. The Morgan fingerprint density at radius 3 is 2.86 bits per heavy atom. The molecule has 21 heavy (non-hydrogen) atoms. The minimum atomic E-state index is -0.231. The maximum Gasteiger partial charge on any atom is 0.265 e. The van der Waals surface area contributed by atoms with Crippen LogP contribution in [0.25, 0.3) is 11.1 Å². The van der Waals surface area contributed by atoms with Gasteiger partial charge in [-0.2, -0.15) is 0 Å². The largest absolute Gasteiger partial charge is 0.442 e. The van der Waals surface area contributed by atoms with Crippen LogP contribution >= 0.6 is 0 Å². The molecule has 0 aromatic carbocycles. The summed E-state index contributed by atoms with van der Waals surface area (Å²) in [7, 11) is 0. The van der Waals surface area contributed by atoms with Gasteiger partial charge in [0.2, 0.25) is 5.71 Å². The first-order valence-electron chi connectivity index (χ1n) is 7.41. The molecule has 2 aromatic heterocycles. The third kappa shape index (κ3) is 2.34. The molecular weight excluding hydrogens is 270 g/mol. The van der Waals surface area contributed by atoms with Gasteiger partial charge in [-0.05, 0) is 26.7 Å². The van der Waals surface area contributed by atoms with E-state index in [4.69, 9.17) is 4.42 Å². The molecule has 1 N–H and O–H groups in total. The predicted molar refractivity (Wildman–Crippen MR) is 78.4 cm³/mol. The molecule has 3 rings (SSSR count). The Morgan fingerprint density at radius 1 is 1.48 bits per heavy atom. The van der Waals surface area contributed by atoms with Gasteiger partial charge in [-0.3, -0.25) is 14.2 Å². The van der Waals surface area contributed by atoms with E-state index in [1.165, 1.54) is 10.9 Å². The van der Waals surface area contributed by atoms with E-state index in [1.807, 2.05) is 6.92 Å². The Balaban J connectivity index is 2.06. The lowest BCUT2D eigenvalue weighted by Crippen LogP contribution is -2.33. The van der Waals surface area contributed by atoms with Crippen LogP contribution in [0.3, 0.4) is 0 Å². The third-order valence-corrected chi connectivity index (χ3v) is 4.11. The average Bonchev–Trinajstić information content (AvgIpc) is 3.06. The number of rotatable bonds is 3. The highest BCUT2D eigenvalue weighted by atomic mass is 16.3. The van der Waals surface area contributed by atoms with Crippen molar-refractivity contribution in [3.05, 3.63) is 28.0 Å². The van der Waals surface area contributed by atoms with Crippen LogP contribution in [0.1, 0.15) is 48.7 Å². The third-order valence-electron chi connectivity index (χ3n) is 4.11. The van der Waals surface area contributed by atoms with E-state index in [0.717, 1.165) is 25.7 Å². The van der Waals surface area contributed by atoms with E-state index in [9.17, 15) is 9.59 Å². The van der Waals surface area contributed by atoms with Gasteiger partial charge in [0.25, 0.3) is 11.5 Å². The number of aryl methyl sites for hydroxylation is 2. The molecule has 0 aliphatic heterocycles. The molecule has 0 radical (unpaired) electrons. The van der Waals surface area contributed by atoms with Crippen LogP contribution < -0.4 is 10.9 Å². The van der Waals surface area contributed by atoms with Crippen LogP contribution in [0.15, 0.2) is 15.5 Å². The van der Waals surface area contributed by atoms with Gasteiger partial charge in [-0.1, -0.05) is 12.8 Å². The van der Waals surface area contributed by atoms with Gasteiger partial charge in [0.05, 0.1) is 5.56 Å². The molecule has 1 aliphatic carbocycles. The summed E-state index contributed by atoms with van der Waals surface area (Å²) in [6, 6.07) is 0.201. The number of nitrogens with zero attached hydrogens (tertiary/aromatic N) is 2. The van der Waals surface area contributed by atoms with Crippen molar-refractivity contribution in [2.24, 2.45) is 0 Å². The highest BCUT2D eigenvalue weighted by Gasteiger charge is 2.25. The Bertz CT molecular complexity index is 738. The van der Waals surface area contributed by atoms with Crippen molar-refractivity contribution in [3.63, 3.8) is 0 Å². The highest BCUT2D eigenvalue weighted by Crippen LogP contribution is 2.23. The molecule has 0 bridgehead atoms. The number of aromatic nitrogens is 2. The minimum Gasteiger partial charge on any atom is -0.442 e. The minimum absolute atomic E-state index is 0.201. The van der Waals surface area contributed by atoms with Crippen LogP contribution in [0.5, 0.6) is 0 Å². The number of furan rings is 1. The lowest BCUT2D eigenvalue weighted by atomic mass is 10.1. The zero-order valence-electron chi connectivity index (χ0n) is 12.3. The second-order valence-corrected chi connectivity index (χ2v) is 5.50. The predicted octanol–water partition coefficient (Wildman–Crippen LogP) is 1.99. The Hall–Kier alpha value is -2.11. The van der Waals surface area contributed by atoms with E-state index >= 15 is 0 Å². The van der Waals surface area contributed by atoms with Crippen LogP contribution in [-0.4, -0.2) is 21.5 Å². The van der Waals surface area contributed by atoms with Gasteiger partial charge in [-0.15, -0.1) is 0 Å². The van der Waals surface area contributed by atoms with Crippen molar-refractivity contribution in [1.82, 2.24) is 14.9 Å². The number of amides is 1. The lowest BCUT2D eigenvalue weighted by molar-refractivity contribution is 0.0937. The van der Waals surface area contributed by atoms with Gasteiger partial charge >= 0.3 is 0 Å². The Morgan fingerprint density at radius 2 is 2.19 bits per heavy atom. The SMILES string of the molecule is CCn1cnc2oc(C)c(C(=O)NC3CCCC3)c2c1=O. The standard InChI is InChI=1S/C15H19N3O3/c1-3-18-8-16-14-12(15(18)20)11(9(2)21-14)13(19)17-10-6-4-5-7-10/h8,10H,3-7H2,1-2H3,(H,17,19). The van der Waals surface area contributed by atoms with E-state index < -0.39 is 0 Å². The Kier molecular flexibility index (Phi) is 3.53. The van der Waals surface area contributed by atoms with Crippen molar-refractivity contribution >= 4 is 17.0 Å². The molecule has 1 amide bonds. The molecule has 0 saturated heterocycles. The molecule has 1 saturated carbocycles. The van der Waals surface area contributed by atoms with Crippen LogP contribution in [0, 0.1) is 6.92 Å². The molecule has 6 nitrogen and oxygen atoms in total. The van der Waals surface area contributed by atoms with E-state index in [1.54, 1.807) is 6.92 Å². The number of carbonyl (C=O) groups excluding carboxylic acids is 1. The summed E-state index contributed by atoms with van der Waals surface area (Å²) in [4.78, 5) is 29.0. The summed E-state index contributed by atoms with van der Waals surface area (Å²) in [6.07, 6.45) is 5.73. The quantitative estimate of drug-likeness (QED) is 0.937. The summed E-state index contributed by atoms with van der Waals surface area (Å²) >= 11 is 0. The smallest absolute Gasteiger partial charge is 0.265 e. The first-order chi connectivity index (χ1) is 10.1. The van der Waals surface area contributed by atoms with E-state index in [-0.39, 0.29) is 28.6 Å². The summed E-state index contributed by atoms with van der Waals surface area (Å²) in [6.45, 7) is 4.07. The Labute approximate surface area is 122 Å². The molecule has 1 aliphatic rings. The molecule has 0 atom stereocenters. The summed E-state index contributed by atoms with van der Waals surface area (Å²) in [5.41, 5.74) is 0.340. The van der Waals surface area contributed by atoms with Gasteiger partial charge < -0.3 is 9.73 Å². The molecule has 2 heterocycles. The normalized spacial score (nSPS) is 15.7. The zero-order valence-corrected chi connectivity index (χ0v) is 12.3. The second kappa shape index (κ2) is 5.35. The van der Waals surface area contributed by atoms with Gasteiger partial charge in [0.1, 0.15) is 17.5 Å². The topological polar surface area (TPSA) is 77.1 Å². The van der Waals surface area contributed by atoms with Crippen LogP contribution in [0.2, 0.25) is 0 Å². The fraction of sp³-hybridized carbons (Fsp3) is 0.533. The molecule has 6 heteroatoms. The van der Waals surface area contributed by atoms with Crippen molar-refractivity contribution in [3.8, 4) is 0 Å². The number of nitrogens with one attached hydrogen (secondary N) is 1. The molecule has 0 spiro atoms. The highest BCUT2D eigenvalue weighted by molar-refractivity contribution is 6.06. The average molecular weight is 289 g/mol. The van der Waals surface area contributed by atoms with Crippen LogP contribution in [0.4, 0.5) is 0 Å². The van der Waals surface area contributed by atoms with E-state index in [2.05, 4.69) is 10.3 Å². The summed E-state index contributed by atoms with van der Waals surface area (Å²) in [5, 5.41) is 3.29. The van der Waals surface area contributed by atoms with Crippen molar-refractivity contribution in [2.45, 2.75) is 52.1 Å². The summed E-state index contributed by atoms with van der Waals surface area (Å²) < 4.78 is 6.96. The number of hydrogen-bond acceptors (Lipinski definition) is 4. The monoisotopic (exact) mass is 289 g/mol. The second-order valence-electron chi connectivity index (χ2n) is 5.50. The van der Waals surface area contributed by atoms with Gasteiger partial charge in [0, 0.05) is 12.6 Å². The maximum absolute atomic E-state index is 12.5. The zero-order chi connectivity index (χ0) is 15.0. The number of hydrogen-bond donors (Lipinski definition) is 1. The fourth-order valence-electron chi connectivity index (χ4n) is 2.96. The fourth-order valence-corrected chi connectivity index (χ4v) is 2.96. The summed E-state index contributed by atoms with van der Waals surface area (Å²) in [5.74, 6) is 0.213. The molecule has 2 aromatic rings. The van der Waals surface area contributed by atoms with Crippen molar-refractivity contribution in [2.75, 3.05) is 0 Å². The molecule has 1 fully saturated rings. The number of carbonyl (C=O) groups is 1. The van der Waals surface area contributed by atoms with Crippen LogP contribution in [-0.2, 0) is 6.54 Å². The lowest BCUT2D eigenvalue weighted by Gasteiger charge is -2.11. The molecular formula is C15H19N3O3. The van der Waals surface area contributed by atoms with Crippen molar-refractivity contribution in [1.29, 1.82) is 0 Å². The molecule has 112 valence electrons. The number of fused-ring (bicyclic) bond motifs is 1. The first-order valence-corrected chi connectivity index (χ1v) is 7.41. The molecule has 0 unspecified atom stereocenters.